The van der Waals surface area contributed by atoms with Crippen LogP contribution in [0.1, 0.15) is 12.3 Å². The highest BCUT2D eigenvalue weighted by atomic mass is 35.5. The van der Waals surface area contributed by atoms with E-state index < -0.39 is 0 Å². The summed E-state index contributed by atoms with van der Waals surface area (Å²) < 4.78 is 11.0. The second-order valence-corrected chi connectivity index (χ2v) is 6.71. The third kappa shape index (κ3) is 4.43. The molecule has 0 aliphatic carbocycles. The molecule has 1 heterocycles. The Hall–Kier alpha value is -2.50. The number of carbonyl (C=O) groups is 1. The third-order valence-electron chi connectivity index (χ3n) is 4.12. The molecule has 3 rings (SSSR count). The van der Waals surface area contributed by atoms with Crippen LogP contribution in [-0.4, -0.2) is 25.0 Å². The zero-order chi connectivity index (χ0) is 19.4. The van der Waals surface area contributed by atoms with Crippen LogP contribution in [0, 0.1) is 0 Å². The van der Waals surface area contributed by atoms with Crippen LogP contribution in [0.4, 0.5) is 5.69 Å². The number of aryl methyl sites for hydroxylation is 1. The lowest BCUT2D eigenvalue weighted by molar-refractivity contribution is -0.118. The minimum Gasteiger partial charge on any atom is -0.495 e. The van der Waals surface area contributed by atoms with Crippen LogP contribution in [0.2, 0.25) is 10.0 Å². The summed E-state index contributed by atoms with van der Waals surface area (Å²) >= 11 is 12.1. The molecule has 0 bridgehead atoms. The van der Waals surface area contributed by atoms with Gasteiger partial charge in [-0.05, 0) is 30.3 Å². The van der Waals surface area contributed by atoms with Crippen LogP contribution < -0.4 is 9.64 Å². The number of halogens is 2. The van der Waals surface area contributed by atoms with Gasteiger partial charge in [0.25, 0.3) is 0 Å². The highest BCUT2D eigenvalue weighted by Crippen LogP contribution is 2.31. The summed E-state index contributed by atoms with van der Waals surface area (Å²) in [6.45, 7) is 0. The first-order valence-electron chi connectivity index (χ1n) is 8.29. The first kappa shape index (κ1) is 19.3. The van der Waals surface area contributed by atoms with Gasteiger partial charge in [-0.1, -0.05) is 35.3 Å². The summed E-state index contributed by atoms with van der Waals surface area (Å²) in [6, 6.07) is 12.5. The van der Waals surface area contributed by atoms with Crippen LogP contribution in [0.25, 0.3) is 11.3 Å². The van der Waals surface area contributed by atoms with Crippen molar-refractivity contribution in [2.24, 2.45) is 0 Å². The van der Waals surface area contributed by atoms with E-state index in [1.54, 1.807) is 43.5 Å². The van der Waals surface area contributed by atoms with E-state index in [1.807, 2.05) is 24.3 Å². The molecule has 1 aromatic heterocycles. The summed E-state index contributed by atoms with van der Waals surface area (Å²) in [5.74, 6) is 1.59. The van der Waals surface area contributed by atoms with Gasteiger partial charge in [0.1, 0.15) is 5.75 Å². The van der Waals surface area contributed by atoms with Gasteiger partial charge in [0.2, 0.25) is 5.91 Å². The minimum atomic E-state index is -0.0659. The molecule has 0 spiro atoms. The van der Waals surface area contributed by atoms with Crippen LogP contribution in [-0.2, 0) is 11.2 Å². The maximum atomic E-state index is 12.5. The van der Waals surface area contributed by atoms with Gasteiger partial charge in [-0.2, -0.15) is 0 Å². The van der Waals surface area contributed by atoms with Crippen molar-refractivity contribution in [2.75, 3.05) is 19.1 Å². The van der Waals surface area contributed by atoms with Gasteiger partial charge in [-0.25, -0.2) is 4.98 Å². The Kier molecular flexibility index (Phi) is 6.04. The van der Waals surface area contributed by atoms with E-state index in [2.05, 4.69) is 4.98 Å². The summed E-state index contributed by atoms with van der Waals surface area (Å²) in [7, 11) is 3.29. The van der Waals surface area contributed by atoms with Gasteiger partial charge in [-0.15, -0.1) is 0 Å². The lowest BCUT2D eigenvalue weighted by Crippen LogP contribution is -2.26. The average molecular weight is 405 g/mol. The molecule has 7 heteroatoms. The lowest BCUT2D eigenvalue weighted by Gasteiger charge is -2.19. The quantitative estimate of drug-likeness (QED) is 0.562. The number of aromatic nitrogens is 1. The molecule has 140 valence electrons. The van der Waals surface area contributed by atoms with Gasteiger partial charge in [-0.3, -0.25) is 4.79 Å². The Morgan fingerprint density at radius 2 is 2.00 bits per heavy atom. The number of anilines is 1. The number of nitrogens with zero attached hydrogens (tertiary/aromatic N) is 2. The molecule has 0 saturated heterocycles. The molecule has 0 aliphatic rings. The molecule has 0 atom stereocenters. The third-order valence-corrected chi connectivity index (χ3v) is 4.67. The molecule has 5 nitrogen and oxygen atoms in total. The molecule has 3 aromatic rings. The molecule has 0 N–H and O–H groups in total. The molecule has 0 aliphatic heterocycles. The maximum absolute atomic E-state index is 12.5. The van der Waals surface area contributed by atoms with Gasteiger partial charge in [0, 0.05) is 30.5 Å². The Bertz CT molecular complexity index is 956. The molecule has 0 fully saturated rings. The summed E-state index contributed by atoms with van der Waals surface area (Å²) in [4.78, 5) is 18.3. The number of hydrogen-bond donors (Lipinski definition) is 0. The van der Waals surface area contributed by atoms with E-state index >= 15 is 0 Å². The number of benzene rings is 2. The lowest BCUT2D eigenvalue weighted by atomic mass is 10.2. The highest BCUT2D eigenvalue weighted by Gasteiger charge is 2.17. The number of methoxy groups -OCH3 is 1. The van der Waals surface area contributed by atoms with Crippen molar-refractivity contribution < 1.29 is 13.9 Å². The Labute approximate surface area is 167 Å². The van der Waals surface area contributed by atoms with Crippen LogP contribution >= 0.6 is 23.2 Å². The molecular weight excluding hydrogens is 387 g/mol. The van der Waals surface area contributed by atoms with Gasteiger partial charge < -0.3 is 14.1 Å². The average Bonchev–Trinajstić information content (AvgIpc) is 3.14. The molecule has 0 saturated carbocycles. The molecule has 0 radical (unpaired) electrons. The summed E-state index contributed by atoms with van der Waals surface area (Å²) in [5.41, 5.74) is 1.42. The van der Waals surface area contributed by atoms with Crippen LogP contribution in [0.3, 0.4) is 0 Å². The Balaban J connectivity index is 1.67. The summed E-state index contributed by atoms with van der Waals surface area (Å²) in [6.07, 6.45) is 2.23. The van der Waals surface area contributed by atoms with E-state index in [0.29, 0.717) is 45.1 Å². The van der Waals surface area contributed by atoms with Crippen molar-refractivity contribution in [3.8, 4) is 17.1 Å². The number of rotatable bonds is 6. The SMILES string of the molecule is COc1ccccc1N(C)C(=O)CCc1ncc(-c2ccc(Cl)cc2Cl)o1. The van der Waals surface area contributed by atoms with E-state index in [4.69, 9.17) is 32.4 Å². The number of ether oxygens (including phenoxy) is 1. The molecular formula is C20H18Cl2N2O3. The summed E-state index contributed by atoms with van der Waals surface area (Å²) in [5, 5.41) is 1.03. The zero-order valence-electron chi connectivity index (χ0n) is 14.9. The highest BCUT2D eigenvalue weighted by molar-refractivity contribution is 6.36. The smallest absolute Gasteiger partial charge is 0.227 e. The largest absolute Gasteiger partial charge is 0.495 e. The second-order valence-electron chi connectivity index (χ2n) is 5.87. The van der Waals surface area contributed by atoms with Crippen molar-refractivity contribution >= 4 is 34.8 Å². The second kappa shape index (κ2) is 8.46. The monoisotopic (exact) mass is 404 g/mol. The molecule has 2 aromatic carbocycles. The number of hydrogen-bond acceptors (Lipinski definition) is 4. The van der Waals surface area contributed by atoms with E-state index in [0.717, 1.165) is 0 Å². The van der Waals surface area contributed by atoms with Crippen molar-refractivity contribution in [1.29, 1.82) is 0 Å². The molecule has 0 unspecified atom stereocenters. The van der Waals surface area contributed by atoms with Crippen molar-refractivity contribution in [3.63, 3.8) is 0 Å². The minimum absolute atomic E-state index is 0.0659. The normalized spacial score (nSPS) is 10.7. The molecule has 27 heavy (non-hydrogen) atoms. The van der Waals surface area contributed by atoms with Gasteiger partial charge >= 0.3 is 0 Å². The van der Waals surface area contributed by atoms with E-state index in [-0.39, 0.29) is 12.3 Å². The van der Waals surface area contributed by atoms with Crippen molar-refractivity contribution in [2.45, 2.75) is 12.8 Å². The Morgan fingerprint density at radius 3 is 2.74 bits per heavy atom. The van der Waals surface area contributed by atoms with Crippen LogP contribution in [0.5, 0.6) is 5.75 Å². The molecule has 1 amide bonds. The maximum Gasteiger partial charge on any atom is 0.227 e. The van der Waals surface area contributed by atoms with Gasteiger partial charge in [0.05, 0.1) is 24.0 Å². The predicted molar refractivity (Wildman–Crippen MR) is 107 cm³/mol. The topological polar surface area (TPSA) is 55.6 Å². The van der Waals surface area contributed by atoms with Gasteiger partial charge in [0.15, 0.2) is 11.7 Å². The fraction of sp³-hybridized carbons (Fsp3) is 0.200. The van der Waals surface area contributed by atoms with Crippen molar-refractivity contribution in [3.05, 3.63) is 64.6 Å². The number of oxazole rings is 1. The predicted octanol–water partition coefficient (Wildman–Crippen LogP) is 5.25. The first-order chi connectivity index (χ1) is 13.0. The first-order valence-corrected chi connectivity index (χ1v) is 9.05. The van der Waals surface area contributed by atoms with Crippen molar-refractivity contribution in [1.82, 2.24) is 4.98 Å². The van der Waals surface area contributed by atoms with E-state index in [1.165, 1.54) is 0 Å². The fourth-order valence-corrected chi connectivity index (χ4v) is 3.16. The standard InChI is InChI=1S/C20H18Cl2N2O3/c1-24(16-5-3-4-6-17(16)26-2)20(25)10-9-19-23-12-18(27-19)14-8-7-13(21)11-15(14)22/h3-8,11-12H,9-10H2,1-2H3. The number of para-hydroxylation sites is 2. The van der Waals surface area contributed by atoms with Crippen LogP contribution in [0.15, 0.2) is 53.1 Å². The fourth-order valence-electron chi connectivity index (χ4n) is 2.66. The Morgan fingerprint density at radius 1 is 1.22 bits per heavy atom. The van der Waals surface area contributed by atoms with E-state index in [9.17, 15) is 4.79 Å². The number of carbonyl (C=O) groups excluding carboxylic acids is 1. The zero-order valence-corrected chi connectivity index (χ0v) is 16.4. The number of amides is 1.